The zero-order valence-corrected chi connectivity index (χ0v) is 33.8. The molecule has 2 aromatic heterocycles. The summed E-state index contributed by atoms with van der Waals surface area (Å²) in [6.45, 7) is -1.21. The molecular weight excluding hydrogens is 886 g/mol. The molecule has 2 aliphatic heterocycles. The van der Waals surface area contributed by atoms with E-state index in [1.54, 1.807) is 48.5 Å². The van der Waals surface area contributed by atoms with Crippen molar-refractivity contribution in [3.8, 4) is 11.5 Å². The molecule has 7 rings (SSSR count). The Balaban J connectivity index is 0.000000279. The molecule has 2 saturated heterocycles. The Labute approximate surface area is 361 Å². The van der Waals surface area contributed by atoms with Crippen LogP contribution in [0.25, 0.3) is 0 Å². The number of aliphatic hydroxyl groups is 3. The second-order valence-corrected chi connectivity index (χ2v) is 14.2. The highest BCUT2D eigenvalue weighted by atomic mass is 19.4. The molecule has 5 N–H and O–H groups in total. The molecule has 0 saturated carbocycles. The number of methoxy groups -OCH3 is 2. The topological polar surface area (TPSA) is 235 Å². The van der Waals surface area contributed by atoms with Crippen LogP contribution in [-0.2, 0) is 29.3 Å². The second-order valence-electron chi connectivity index (χ2n) is 14.2. The van der Waals surface area contributed by atoms with Gasteiger partial charge in [-0.1, -0.05) is 54.6 Å². The highest BCUT2D eigenvalue weighted by Gasteiger charge is 2.53. The van der Waals surface area contributed by atoms with Crippen molar-refractivity contribution in [3.63, 3.8) is 0 Å². The lowest BCUT2D eigenvalue weighted by atomic mass is 9.80. The number of nitrogens with zero attached hydrogens (tertiary/aromatic N) is 2. The van der Waals surface area contributed by atoms with Crippen LogP contribution in [0.2, 0.25) is 0 Å². The fraction of sp³-hybridized carbons (Fsp3) is 0.366. The van der Waals surface area contributed by atoms with Gasteiger partial charge in [-0.15, -0.1) is 26.3 Å². The number of alkyl halides is 6. The summed E-state index contributed by atoms with van der Waals surface area (Å²) in [4.78, 5) is 50.4. The molecule has 8 atom stereocenters. The lowest BCUT2D eigenvalue weighted by Gasteiger charge is -2.37. The van der Waals surface area contributed by atoms with Crippen molar-refractivity contribution in [3.05, 3.63) is 162 Å². The van der Waals surface area contributed by atoms with Crippen LogP contribution in [0.5, 0.6) is 11.5 Å². The summed E-state index contributed by atoms with van der Waals surface area (Å²) in [5.74, 6) is 1.17. The molecule has 2 fully saturated rings. The van der Waals surface area contributed by atoms with Crippen LogP contribution in [0, 0.1) is 0 Å². The highest BCUT2D eigenvalue weighted by molar-refractivity contribution is 5.49. The van der Waals surface area contributed by atoms with Crippen molar-refractivity contribution in [1.82, 2.24) is 19.1 Å². The number of hydrogen-bond donors (Lipinski definition) is 5. The van der Waals surface area contributed by atoms with Crippen LogP contribution in [0.1, 0.15) is 29.1 Å². The van der Waals surface area contributed by atoms with E-state index in [-0.39, 0.29) is 0 Å². The van der Waals surface area contributed by atoms with Crippen LogP contribution in [0.4, 0.5) is 26.3 Å². The van der Waals surface area contributed by atoms with Crippen molar-refractivity contribution in [2.24, 2.45) is 0 Å². The molecule has 0 amide bonds. The first-order valence-corrected chi connectivity index (χ1v) is 19.2. The molecule has 65 heavy (non-hydrogen) atoms. The first-order valence-electron chi connectivity index (χ1n) is 19.2. The van der Waals surface area contributed by atoms with Crippen molar-refractivity contribution < 1.29 is 74.8 Å². The molecule has 18 nitrogen and oxygen atoms in total. The summed E-state index contributed by atoms with van der Waals surface area (Å²) in [7, 11) is 3.06. The molecular formula is C41H40F6N4O14. The van der Waals surface area contributed by atoms with Gasteiger partial charge >= 0.3 is 24.1 Å². The molecule has 0 radical (unpaired) electrons. The maximum absolute atomic E-state index is 13.4. The molecule has 0 spiro atoms. The Bertz CT molecular complexity index is 2540. The quantitative estimate of drug-likeness (QED) is 0.0844. The highest BCUT2D eigenvalue weighted by Crippen LogP contribution is 2.43. The van der Waals surface area contributed by atoms with Crippen LogP contribution in [0.15, 0.2) is 123 Å². The summed E-state index contributed by atoms with van der Waals surface area (Å²) in [5, 5.41) is 29.7. The fourth-order valence-corrected chi connectivity index (χ4v) is 7.27. The van der Waals surface area contributed by atoms with Crippen LogP contribution in [0.3, 0.4) is 0 Å². The zero-order valence-electron chi connectivity index (χ0n) is 33.8. The zero-order chi connectivity index (χ0) is 47.3. The largest absolute Gasteiger partial charge is 0.523 e. The van der Waals surface area contributed by atoms with Crippen molar-refractivity contribution in [2.75, 3.05) is 27.4 Å². The second kappa shape index (κ2) is 20.0. The minimum absolute atomic E-state index is 0.444. The minimum Gasteiger partial charge on any atom is -0.497 e. The maximum atomic E-state index is 13.4. The van der Waals surface area contributed by atoms with Crippen molar-refractivity contribution in [2.45, 2.75) is 67.4 Å². The monoisotopic (exact) mass is 926 g/mol. The van der Waals surface area contributed by atoms with Crippen molar-refractivity contribution in [1.29, 1.82) is 0 Å². The van der Waals surface area contributed by atoms with E-state index in [1.807, 2.05) is 40.3 Å². The van der Waals surface area contributed by atoms with E-state index in [4.69, 9.17) is 28.8 Å². The third kappa shape index (κ3) is 11.1. The Morgan fingerprint density at radius 3 is 1.38 bits per heavy atom. The van der Waals surface area contributed by atoms with E-state index >= 15 is 0 Å². The Morgan fingerprint density at radius 1 is 0.600 bits per heavy atom. The van der Waals surface area contributed by atoms with Gasteiger partial charge in [-0.3, -0.25) is 38.2 Å². The van der Waals surface area contributed by atoms with E-state index in [0.717, 1.165) is 29.1 Å². The summed E-state index contributed by atoms with van der Waals surface area (Å²) in [6, 6.07) is 25.1. The van der Waals surface area contributed by atoms with Gasteiger partial charge in [0.15, 0.2) is 12.5 Å². The van der Waals surface area contributed by atoms with Gasteiger partial charge in [0.05, 0.1) is 27.4 Å². The number of H-pyrrole nitrogens is 2. The SMILES string of the molecule is COc1ccc(C(OC[C@H]2O[C@@H](n3ccc(=O)[nH]c3=O)C(OC(F)(F)F)[C@H]2O)(c2ccccc2)c2ccc(OC)cc2)cc1.O=c1ccn([C@@H]2O[C@H](CO)[C@H](O)C2OC(F)(F)F)c(=O)[nH]1. The number of benzene rings is 3. The standard InChI is InChI=1S/C31H29F3N2O8.C10H11F3N2O6/c1-40-22-12-8-20(9-13-22)30(19-6-4-3-5-7-19,21-10-14-23(41-2)15-11-21)42-18-24-26(38)27(44-31(32,33)34)28(43-24)36-17-16-25(37)35-29(36)39;11-10(12,13)21-7-6(18)4(3-16)20-8(7)15-2-1-5(17)14-9(15)19/h3-17,24,26-28,38H,18H2,1-2H3,(H,35,37,39);1-2,4,6-8,16,18H,3H2,(H,14,17,19)/t24-,26+,27?,28-;4-,6+,7?,8-/m11/s1. The number of rotatable bonds is 13. The van der Waals surface area contributed by atoms with Gasteiger partial charge in [0, 0.05) is 24.5 Å². The Hall–Kier alpha value is -6.12. The molecule has 0 bridgehead atoms. The van der Waals surface area contributed by atoms with Crippen LogP contribution < -0.4 is 32.0 Å². The number of nitrogens with one attached hydrogen (secondary N) is 2. The first-order chi connectivity index (χ1) is 30.8. The molecule has 2 aliphatic rings. The summed E-state index contributed by atoms with van der Waals surface area (Å²) >= 11 is 0. The van der Waals surface area contributed by atoms with E-state index in [1.165, 1.54) is 14.2 Å². The maximum Gasteiger partial charge on any atom is 0.523 e. The number of aromatic amines is 2. The number of ether oxygens (including phenoxy) is 7. The minimum atomic E-state index is -5.17. The van der Waals surface area contributed by atoms with E-state index in [9.17, 15) is 55.7 Å². The summed E-state index contributed by atoms with van der Waals surface area (Å²) < 4.78 is 115. The molecule has 3 aromatic carbocycles. The Kier molecular flexibility index (Phi) is 14.8. The molecule has 0 aliphatic carbocycles. The van der Waals surface area contributed by atoms with Crippen LogP contribution in [-0.4, -0.2) is 111 Å². The molecule has 2 unspecified atom stereocenters. The van der Waals surface area contributed by atoms with Gasteiger partial charge in [0.1, 0.15) is 53.7 Å². The first kappa shape index (κ1) is 48.3. The van der Waals surface area contributed by atoms with Crippen LogP contribution >= 0.6 is 0 Å². The van der Waals surface area contributed by atoms with Gasteiger partial charge < -0.3 is 39.0 Å². The Morgan fingerprint density at radius 2 is 1.00 bits per heavy atom. The molecule has 4 heterocycles. The molecule has 5 aromatic rings. The van der Waals surface area contributed by atoms with Gasteiger partial charge in [-0.2, -0.15) is 0 Å². The average molecular weight is 927 g/mol. The van der Waals surface area contributed by atoms with E-state index < -0.39 is 103 Å². The third-order valence-electron chi connectivity index (χ3n) is 10.2. The smallest absolute Gasteiger partial charge is 0.497 e. The molecule has 24 heteroatoms. The normalized spacial score (nSPS) is 23.4. The van der Waals surface area contributed by atoms with Crippen molar-refractivity contribution >= 4 is 0 Å². The van der Waals surface area contributed by atoms with Gasteiger partial charge in [-0.25, -0.2) is 9.59 Å². The van der Waals surface area contributed by atoms with Gasteiger partial charge in [0.2, 0.25) is 0 Å². The van der Waals surface area contributed by atoms with E-state index in [2.05, 4.69) is 9.47 Å². The number of aliphatic hydroxyl groups excluding tert-OH is 3. The summed E-state index contributed by atoms with van der Waals surface area (Å²) in [6.07, 6.45) is -22.2. The number of halogens is 6. The average Bonchev–Trinajstić information content (AvgIpc) is 3.73. The molecule has 350 valence electrons. The van der Waals surface area contributed by atoms with Gasteiger partial charge in [-0.05, 0) is 41.0 Å². The number of hydrogen-bond acceptors (Lipinski definition) is 14. The third-order valence-corrected chi connectivity index (χ3v) is 10.2. The lowest BCUT2D eigenvalue weighted by molar-refractivity contribution is -0.356. The number of aromatic nitrogens is 4. The summed E-state index contributed by atoms with van der Waals surface area (Å²) in [5.41, 5.74) is -3.00. The lowest BCUT2D eigenvalue weighted by Crippen LogP contribution is -2.43. The van der Waals surface area contributed by atoms with Gasteiger partial charge in [0.25, 0.3) is 11.1 Å². The predicted octanol–water partition coefficient (Wildman–Crippen LogP) is 2.42. The van der Waals surface area contributed by atoms with E-state index in [0.29, 0.717) is 32.8 Å². The fourth-order valence-electron chi connectivity index (χ4n) is 7.27. The predicted molar refractivity (Wildman–Crippen MR) is 210 cm³/mol.